The molecule has 1 aliphatic rings. The average molecular weight is 219 g/mol. The molecule has 1 aromatic carbocycles. The van der Waals surface area contributed by atoms with Crippen molar-refractivity contribution in [3.05, 3.63) is 29.3 Å². The van der Waals surface area contributed by atoms with Crippen molar-refractivity contribution in [1.82, 2.24) is 5.32 Å². The van der Waals surface area contributed by atoms with Gasteiger partial charge in [0.05, 0.1) is 0 Å². The molecule has 15 heavy (non-hydrogen) atoms. The van der Waals surface area contributed by atoms with Crippen molar-refractivity contribution in [1.29, 1.82) is 10.8 Å². The van der Waals surface area contributed by atoms with Gasteiger partial charge in [0.25, 0.3) is 0 Å². The van der Waals surface area contributed by atoms with Crippen molar-refractivity contribution in [2.45, 2.75) is 13.1 Å². The van der Waals surface area contributed by atoms with E-state index in [-0.39, 0.29) is 5.84 Å². The Morgan fingerprint density at radius 3 is 2.47 bits per heavy atom. The SMILES string of the molecule is C[SiH](C)Oc1ccc2c(c1)C(=N)NC2=N. The molecule has 1 aromatic rings. The molecule has 1 aliphatic heterocycles. The van der Waals surface area contributed by atoms with E-state index in [1.807, 2.05) is 18.2 Å². The van der Waals surface area contributed by atoms with Gasteiger partial charge in [-0.3, -0.25) is 10.8 Å². The highest BCUT2D eigenvalue weighted by atomic mass is 28.3. The highest BCUT2D eigenvalue weighted by Crippen LogP contribution is 2.21. The minimum atomic E-state index is -1.10. The lowest BCUT2D eigenvalue weighted by Crippen LogP contribution is -2.20. The predicted molar refractivity (Wildman–Crippen MR) is 62.7 cm³/mol. The van der Waals surface area contributed by atoms with Gasteiger partial charge in [-0.2, -0.15) is 0 Å². The molecule has 0 aromatic heterocycles. The van der Waals surface area contributed by atoms with Crippen molar-refractivity contribution in [2.75, 3.05) is 0 Å². The quantitative estimate of drug-likeness (QED) is 0.656. The Balaban J connectivity index is 2.38. The van der Waals surface area contributed by atoms with Gasteiger partial charge < -0.3 is 9.74 Å². The van der Waals surface area contributed by atoms with Crippen LogP contribution in [0.25, 0.3) is 0 Å². The number of amidine groups is 2. The third-order valence-electron chi connectivity index (χ3n) is 2.15. The number of rotatable bonds is 2. The Morgan fingerprint density at radius 2 is 1.80 bits per heavy atom. The van der Waals surface area contributed by atoms with Gasteiger partial charge in [0.15, 0.2) is 0 Å². The van der Waals surface area contributed by atoms with Crippen molar-refractivity contribution in [3.8, 4) is 5.75 Å². The Labute approximate surface area is 90.0 Å². The second-order valence-corrected chi connectivity index (χ2v) is 6.08. The van der Waals surface area contributed by atoms with E-state index in [0.717, 1.165) is 16.9 Å². The largest absolute Gasteiger partial charge is 0.547 e. The second kappa shape index (κ2) is 3.51. The summed E-state index contributed by atoms with van der Waals surface area (Å²) in [5.41, 5.74) is 1.53. The molecule has 0 spiro atoms. The number of nitrogens with one attached hydrogen (secondary N) is 3. The van der Waals surface area contributed by atoms with Crippen LogP contribution in [0.4, 0.5) is 0 Å². The summed E-state index contributed by atoms with van der Waals surface area (Å²) >= 11 is 0. The summed E-state index contributed by atoms with van der Waals surface area (Å²) in [6, 6.07) is 5.53. The topological polar surface area (TPSA) is 69.0 Å². The van der Waals surface area contributed by atoms with E-state index in [1.165, 1.54) is 0 Å². The first kappa shape index (κ1) is 9.91. The summed E-state index contributed by atoms with van der Waals surface area (Å²) in [7, 11) is -1.10. The normalized spacial score (nSPS) is 14.1. The number of fused-ring (bicyclic) bond motifs is 1. The third-order valence-corrected chi connectivity index (χ3v) is 2.90. The van der Waals surface area contributed by atoms with Crippen LogP contribution in [0.1, 0.15) is 11.1 Å². The zero-order valence-electron chi connectivity index (χ0n) is 8.72. The maximum atomic E-state index is 7.64. The maximum Gasteiger partial charge on any atom is 0.229 e. The summed E-state index contributed by atoms with van der Waals surface area (Å²) in [6.07, 6.45) is 0. The standard InChI is InChI=1S/C10H13N3OSi/c1-15(2)14-6-3-4-7-8(5-6)10(12)13-9(7)11/h3-5,15H,1-2H3,(H3,11,12,13). The summed E-state index contributed by atoms with van der Waals surface area (Å²) < 4.78 is 5.67. The van der Waals surface area contributed by atoms with Crippen LogP contribution in [0.15, 0.2) is 18.2 Å². The summed E-state index contributed by atoms with van der Waals surface area (Å²) in [4.78, 5) is 0. The third kappa shape index (κ3) is 1.78. The molecule has 4 nitrogen and oxygen atoms in total. The molecule has 0 saturated carbocycles. The van der Waals surface area contributed by atoms with Crippen LogP contribution in [0.3, 0.4) is 0 Å². The predicted octanol–water partition coefficient (Wildman–Crippen LogP) is 1.30. The first-order valence-corrected chi connectivity index (χ1v) is 7.61. The van der Waals surface area contributed by atoms with Gasteiger partial charge in [-0.05, 0) is 31.3 Å². The van der Waals surface area contributed by atoms with Crippen molar-refractivity contribution < 1.29 is 4.43 Å². The van der Waals surface area contributed by atoms with Gasteiger partial charge in [0.1, 0.15) is 17.4 Å². The van der Waals surface area contributed by atoms with Gasteiger partial charge in [-0.15, -0.1) is 0 Å². The first-order chi connectivity index (χ1) is 7.08. The Morgan fingerprint density at radius 1 is 1.13 bits per heavy atom. The summed E-state index contributed by atoms with van der Waals surface area (Å²) in [6.45, 7) is 4.19. The molecule has 1 heterocycles. The molecule has 0 fully saturated rings. The second-order valence-electron chi connectivity index (χ2n) is 3.75. The van der Waals surface area contributed by atoms with E-state index in [1.54, 1.807) is 0 Å². The van der Waals surface area contributed by atoms with Crippen LogP contribution in [-0.2, 0) is 0 Å². The monoisotopic (exact) mass is 219 g/mol. The number of hydrogen-bond donors (Lipinski definition) is 3. The lowest BCUT2D eigenvalue weighted by atomic mass is 10.1. The Bertz CT molecular complexity index is 442. The molecule has 0 saturated heterocycles. The van der Waals surface area contributed by atoms with Crippen LogP contribution in [0.2, 0.25) is 13.1 Å². The minimum Gasteiger partial charge on any atom is -0.547 e. The number of benzene rings is 1. The molecule has 0 atom stereocenters. The molecule has 2 rings (SSSR count). The fraction of sp³-hybridized carbons (Fsp3) is 0.200. The van der Waals surface area contributed by atoms with E-state index in [0.29, 0.717) is 5.84 Å². The van der Waals surface area contributed by atoms with Gasteiger partial charge in [-0.25, -0.2) is 0 Å². The average Bonchev–Trinajstić information content (AvgIpc) is 2.41. The van der Waals surface area contributed by atoms with E-state index in [2.05, 4.69) is 18.4 Å². The lowest BCUT2D eigenvalue weighted by Gasteiger charge is -2.09. The van der Waals surface area contributed by atoms with Crippen LogP contribution >= 0.6 is 0 Å². The lowest BCUT2D eigenvalue weighted by molar-refractivity contribution is 0.580. The Kier molecular flexibility index (Phi) is 2.32. The fourth-order valence-corrected chi connectivity index (χ4v) is 2.24. The van der Waals surface area contributed by atoms with Crippen LogP contribution in [0.5, 0.6) is 5.75 Å². The summed E-state index contributed by atoms with van der Waals surface area (Å²) in [5.74, 6) is 1.38. The molecule has 0 aliphatic carbocycles. The first-order valence-electron chi connectivity index (χ1n) is 4.83. The molecule has 0 radical (unpaired) electrons. The zero-order chi connectivity index (χ0) is 11.0. The van der Waals surface area contributed by atoms with Crippen LogP contribution in [-0.4, -0.2) is 20.7 Å². The van der Waals surface area contributed by atoms with Gasteiger partial charge >= 0.3 is 0 Å². The van der Waals surface area contributed by atoms with Crippen LogP contribution in [0, 0.1) is 10.8 Å². The van der Waals surface area contributed by atoms with Gasteiger partial charge in [0, 0.05) is 11.1 Å². The highest BCUT2D eigenvalue weighted by Gasteiger charge is 2.21. The fourth-order valence-electron chi connectivity index (χ4n) is 1.55. The molecule has 0 amide bonds. The maximum absolute atomic E-state index is 7.64. The van der Waals surface area contributed by atoms with Gasteiger partial charge in [-0.1, -0.05) is 0 Å². The molecule has 0 unspecified atom stereocenters. The van der Waals surface area contributed by atoms with E-state index in [9.17, 15) is 0 Å². The smallest absolute Gasteiger partial charge is 0.229 e. The molecular weight excluding hydrogens is 206 g/mol. The van der Waals surface area contributed by atoms with Crippen molar-refractivity contribution in [2.24, 2.45) is 0 Å². The molecule has 78 valence electrons. The van der Waals surface area contributed by atoms with Gasteiger partial charge in [0.2, 0.25) is 9.04 Å². The molecule has 5 heteroatoms. The van der Waals surface area contributed by atoms with E-state index >= 15 is 0 Å². The van der Waals surface area contributed by atoms with Crippen molar-refractivity contribution in [3.63, 3.8) is 0 Å². The molecule has 3 N–H and O–H groups in total. The zero-order valence-corrected chi connectivity index (χ0v) is 9.87. The Hall–Kier alpha value is -1.62. The van der Waals surface area contributed by atoms with E-state index in [4.69, 9.17) is 15.2 Å². The van der Waals surface area contributed by atoms with E-state index < -0.39 is 9.04 Å². The summed E-state index contributed by atoms with van der Waals surface area (Å²) in [5, 5.41) is 17.9. The minimum absolute atomic E-state index is 0.283. The van der Waals surface area contributed by atoms with Crippen LogP contribution < -0.4 is 9.74 Å². The molecular formula is C10H13N3OSi. The molecule has 0 bridgehead atoms. The highest BCUT2D eigenvalue weighted by molar-refractivity contribution is 6.49. The van der Waals surface area contributed by atoms with Crippen molar-refractivity contribution >= 4 is 20.7 Å². The number of hydrogen-bond acceptors (Lipinski definition) is 3.